The number of benzene rings is 1. The Balaban J connectivity index is 1.93. The van der Waals surface area contributed by atoms with Crippen LogP contribution in [0.15, 0.2) is 30.3 Å². The van der Waals surface area contributed by atoms with Gasteiger partial charge in [-0.3, -0.25) is 4.79 Å². The van der Waals surface area contributed by atoms with Crippen LogP contribution in [0.4, 0.5) is 0 Å². The number of halogens is 1. The zero-order valence-corrected chi connectivity index (χ0v) is 12.7. The Morgan fingerprint density at radius 2 is 2.11 bits per heavy atom. The number of aromatic amines is 1. The molecule has 1 N–H and O–H groups in total. The molecule has 0 amide bonds. The second-order valence-electron chi connectivity index (χ2n) is 4.74. The number of H-pyrrole nitrogens is 1. The molecule has 1 heterocycles. The first kappa shape index (κ1) is 13.4. The van der Waals surface area contributed by atoms with Crippen LogP contribution in [0.1, 0.15) is 19.5 Å². The molecule has 96 valence electrons. The van der Waals surface area contributed by atoms with Crippen molar-refractivity contribution in [2.45, 2.75) is 23.7 Å². The SMILES string of the molecule is CC(C)(I)C(=O)OCCc1cc2ccccc2[nH]1. The zero-order chi connectivity index (χ0) is 13.2. The molecule has 0 saturated heterocycles. The first-order valence-corrected chi connectivity index (χ1v) is 6.97. The average molecular weight is 357 g/mol. The third kappa shape index (κ3) is 3.25. The van der Waals surface area contributed by atoms with E-state index in [2.05, 4.69) is 39.7 Å². The van der Waals surface area contributed by atoms with Gasteiger partial charge in [-0.15, -0.1) is 0 Å². The molecular formula is C14H16INO2. The van der Waals surface area contributed by atoms with Gasteiger partial charge < -0.3 is 9.72 Å². The second-order valence-corrected chi connectivity index (χ2v) is 7.44. The van der Waals surface area contributed by atoms with Gasteiger partial charge >= 0.3 is 5.97 Å². The number of esters is 1. The number of para-hydroxylation sites is 1. The summed E-state index contributed by atoms with van der Waals surface area (Å²) in [7, 11) is 0. The van der Waals surface area contributed by atoms with Crippen LogP contribution in [0.25, 0.3) is 10.9 Å². The molecule has 1 aromatic carbocycles. The number of fused-ring (bicyclic) bond motifs is 1. The summed E-state index contributed by atoms with van der Waals surface area (Å²) in [5.74, 6) is -0.167. The van der Waals surface area contributed by atoms with Crippen molar-refractivity contribution < 1.29 is 9.53 Å². The standard InChI is InChI=1S/C14H16INO2/c1-14(2,15)13(17)18-8-7-11-9-10-5-3-4-6-12(10)16-11/h3-6,9,16H,7-8H2,1-2H3. The van der Waals surface area contributed by atoms with Crippen molar-refractivity contribution in [2.24, 2.45) is 0 Å². The van der Waals surface area contributed by atoms with Gasteiger partial charge in [0.1, 0.15) is 3.42 Å². The number of carbonyl (C=O) groups is 1. The molecule has 0 bridgehead atoms. The minimum atomic E-state index is -0.460. The summed E-state index contributed by atoms with van der Waals surface area (Å²) in [4.78, 5) is 14.9. The van der Waals surface area contributed by atoms with Crippen LogP contribution in [0.3, 0.4) is 0 Å². The Kier molecular flexibility index (Phi) is 3.94. The topological polar surface area (TPSA) is 42.1 Å². The fourth-order valence-electron chi connectivity index (χ4n) is 1.69. The van der Waals surface area contributed by atoms with E-state index < -0.39 is 3.42 Å². The van der Waals surface area contributed by atoms with Crippen molar-refractivity contribution in [3.63, 3.8) is 0 Å². The van der Waals surface area contributed by atoms with Gasteiger partial charge in [-0.2, -0.15) is 0 Å². The highest BCUT2D eigenvalue weighted by molar-refractivity contribution is 14.1. The van der Waals surface area contributed by atoms with Gasteiger partial charge in [0.25, 0.3) is 0 Å². The second kappa shape index (κ2) is 5.30. The van der Waals surface area contributed by atoms with E-state index >= 15 is 0 Å². The fraction of sp³-hybridized carbons (Fsp3) is 0.357. The van der Waals surface area contributed by atoms with Crippen LogP contribution in [-0.4, -0.2) is 21.0 Å². The van der Waals surface area contributed by atoms with E-state index in [4.69, 9.17) is 4.74 Å². The van der Waals surface area contributed by atoms with Crippen LogP contribution in [0.5, 0.6) is 0 Å². The van der Waals surface area contributed by atoms with Crippen molar-refractivity contribution in [1.82, 2.24) is 4.98 Å². The predicted molar refractivity (Wildman–Crippen MR) is 81.1 cm³/mol. The Bertz CT molecular complexity index is 521. The summed E-state index contributed by atoms with van der Waals surface area (Å²) in [6, 6.07) is 10.2. The molecule has 0 aliphatic rings. The molecule has 0 fully saturated rings. The molecule has 0 atom stereocenters. The molecule has 4 heteroatoms. The smallest absolute Gasteiger partial charge is 0.321 e. The summed E-state index contributed by atoms with van der Waals surface area (Å²) >= 11 is 2.09. The Hall–Kier alpha value is -1.04. The van der Waals surface area contributed by atoms with E-state index in [0.29, 0.717) is 13.0 Å². The molecule has 0 aliphatic carbocycles. The maximum atomic E-state index is 11.6. The number of ether oxygens (including phenoxy) is 1. The van der Waals surface area contributed by atoms with Crippen LogP contribution in [-0.2, 0) is 16.0 Å². The molecule has 2 aromatic rings. The molecule has 2 rings (SSSR count). The minimum Gasteiger partial charge on any atom is -0.464 e. The number of alkyl halides is 1. The van der Waals surface area contributed by atoms with E-state index in [0.717, 1.165) is 11.2 Å². The number of hydrogen-bond donors (Lipinski definition) is 1. The molecule has 0 saturated carbocycles. The highest BCUT2D eigenvalue weighted by atomic mass is 127. The lowest BCUT2D eigenvalue weighted by Crippen LogP contribution is -2.27. The number of rotatable bonds is 4. The third-order valence-electron chi connectivity index (χ3n) is 2.68. The van der Waals surface area contributed by atoms with Crippen molar-refractivity contribution in [3.05, 3.63) is 36.0 Å². The average Bonchev–Trinajstić information content (AvgIpc) is 2.70. The van der Waals surface area contributed by atoms with Crippen LogP contribution in [0, 0.1) is 0 Å². The molecule has 0 unspecified atom stereocenters. The van der Waals surface area contributed by atoms with Gasteiger partial charge in [0.05, 0.1) is 6.61 Å². The number of hydrogen-bond acceptors (Lipinski definition) is 2. The monoisotopic (exact) mass is 357 g/mol. The Morgan fingerprint density at radius 1 is 1.39 bits per heavy atom. The lowest BCUT2D eigenvalue weighted by molar-refractivity contribution is -0.144. The van der Waals surface area contributed by atoms with Gasteiger partial charge in [-0.1, -0.05) is 40.8 Å². The molecule has 0 radical (unpaired) electrons. The summed E-state index contributed by atoms with van der Waals surface area (Å²) in [6.07, 6.45) is 0.715. The summed E-state index contributed by atoms with van der Waals surface area (Å²) in [6.45, 7) is 4.11. The highest BCUT2D eigenvalue weighted by Crippen LogP contribution is 2.19. The number of carbonyl (C=O) groups excluding carboxylic acids is 1. The van der Waals surface area contributed by atoms with Crippen LogP contribution >= 0.6 is 22.6 Å². The summed E-state index contributed by atoms with van der Waals surface area (Å²) in [5.41, 5.74) is 2.21. The van der Waals surface area contributed by atoms with E-state index in [-0.39, 0.29) is 5.97 Å². The first-order chi connectivity index (χ1) is 8.47. The summed E-state index contributed by atoms with van der Waals surface area (Å²) in [5, 5.41) is 1.19. The van der Waals surface area contributed by atoms with Gasteiger partial charge in [0, 0.05) is 17.6 Å². The highest BCUT2D eigenvalue weighted by Gasteiger charge is 2.24. The normalized spacial score (nSPS) is 11.7. The first-order valence-electron chi connectivity index (χ1n) is 5.89. The number of aromatic nitrogens is 1. The van der Waals surface area contributed by atoms with Crippen LogP contribution in [0.2, 0.25) is 0 Å². The van der Waals surface area contributed by atoms with E-state index in [9.17, 15) is 4.79 Å². The predicted octanol–water partition coefficient (Wildman–Crippen LogP) is 3.47. The van der Waals surface area contributed by atoms with Crippen molar-refractivity contribution in [3.8, 4) is 0 Å². The zero-order valence-electron chi connectivity index (χ0n) is 10.5. The molecule has 0 aliphatic heterocycles. The van der Waals surface area contributed by atoms with Crippen molar-refractivity contribution >= 4 is 39.5 Å². The van der Waals surface area contributed by atoms with Gasteiger partial charge in [0.2, 0.25) is 0 Å². The maximum Gasteiger partial charge on any atom is 0.321 e. The third-order valence-corrected chi connectivity index (χ3v) is 3.12. The van der Waals surface area contributed by atoms with Crippen LogP contribution < -0.4 is 0 Å². The molecular weight excluding hydrogens is 341 g/mol. The van der Waals surface area contributed by atoms with Crippen molar-refractivity contribution in [2.75, 3.05) is 6.61 Å². The summed E-state index contributed by atoms with van der Waals surface area (Å²) < 4.78 is 4.78. The Morgan fingerprint density at radius 3 is 2.78 bits per heavy atom. The molecule has 18 heavy (non-hydrogen) atoms. The fourth-order valence-corrected chi connectivity index (χ4v) is 1.85. The minimum absolute atomic E-state index is 0.167. The van der Waals surface area contributed by atoms with E-state index in [1.807, 2.05) is 32.0 Å². The molecule has 1 aromatic heterocycles. The molecule has 3 nitrogen and oxygen atoms in total. The van der Waals surface area contributed by atoms with Gasteiger partial charge in [-0.05, 0) is 31.4 Å². The van der Waals surface area contributed by atoms with E-state index in [1.165, 1.54) is 5.39 Å². The quantitative estimate of drug-likeness (QED) is 0.517. The van der Waals surface area contributed by atoms with E-state index in [1.54, 1.807) is 0 Å². The maximum absolute atomic E-state index is 11.6. The lowest BCUT2D eigenvalue weighted by atomic mass is 10.2. The van der Waals surface area contributed by atoms with Crippen molar-refractivity contribution in [1.29, 1.82) is 0 Å². The largest absolute Gasteiger partial charge is 0.464 e. The lowest BCUT2D eigenvalue weighted by Gasteiger charge is -2.14. The number of nitrogens with one attached hydrogen (secondary N) is 1. The Labute approximate surface area is 120 Å². The molecule has 0 spiro atoms. The van der Waals surface area contributed by atoms with Gasteiger partial charge in [0.15, 0.2) is 0 Å². The van der Waals surface area contributed by atoms with Gasteiger partial charge in [-0.25, -0.2) is 0 Å².